The second kappa shape index (κ2) is 7.61. The van der Waals surface area contributed by atoms with Crippen molar-refractivity contribution in [1.82, 2.24) is 0 Å². The molecule has 0 saturated heterocycles. The Morgan fingerprint density at radius 2 is 1.68 bits per heavy atom. The third kappa shape index (κ3) is 4.33. The van der Waals surface area contributed by atoms with Crippen molar-refractivity contribution in [2.45, 2.75) is 52.5 Å². The predicted molar refractivity (Wildman–Crippen MR) is 105 cm³/mol. The molecule has 0 aliphatic heterocycles. The molecule has 25 heavy (non-hydrogen) atoms. The van der Waals surface area contributed by atoms with Gasteiger partial charge in [0.25, 0.3) is 0 Å². The molecular weight excluding hydrogens is 306 g/mol. The van der Waals surface area contributed by atoms with Crippen molar-refractivity contribution in [3.8, 4) is 6.07 Å². The first-order valence-electron chi connectivity index (χ1n) is 9.21. The van der Waals surface area contributed by atoms with Crippen LogP contribution in [0.15, 0.2) is 36.4 Å². The van der Waals surface area contributed by atoms with Crippen molar-refractivity contribution in [2.24, 2.45) is 5.92 Å². The van der Waals surface area contributed by atoms with Gasteiger partial charge in [-0.3, -0.25) is 0 Å². The smallest absolute Gasteiger partial charge is 0.101 e. The lowest BCUT2D eigenvalue weighted by Crippen LogP contribution is -2.30. The van der Waals surface area contributed by atoms with Crippen molar-refractivity contribution in [2.75, 3.05) is 10.6 Å². The van der Waals surface area contributed by atoms with Crippen LogP contribution >= 0.6 is 0 Å². The molecular formula is C22H27N3. The van der Waals surface area contributed by atoms with Crippen LogP contribution in [-0.2, 0) is 0 Å². The van der Waals surface area contributed by atoms with Gasteiger partial charge in [0.05, 0.1) is 11.3 Å². The molecule has 0 amide bonds. The van der Waals surface area contributed by atoms with Gasteiger partial charge >= 0.3 is 0 Å². The molecule has 0 spiro atoms. The quantitative estimate of drug-likeness (QED) is 0.731. The van der Waals surface area contributed by atoms with Gasteiger partial charge in [-0.2, -0.15) is 5.26 Å². The van der Waals surface area contributed by atoms with Crippen LogP contribution < -0.4 is 10.6 Å². The minimum absolute atomic E-state index is 0.524. The summed E-state index contributed by atoms with van der Waals surface area (Å²) in [5.74, 6) is 0.695. The minimum atomic E-state index is 0.524. The van der Waals surface area contributed by atoms with Crippen LogP contribution in [-0.4, -0.2) is 6.04 Å². The lowest BCUT2D eigenvalue weighted by atomic mass is 9.86. The predicted octanol–water partition coefficient (Wildman–Crippen LogP) is 5.91. The Hall–Kier alpha value is -2.47. The van der Waals surface area contributed by atoms with E-state index >= 15 is 0 Å². The Kier molecular flexibility index (Phi) is 5.28. The standard InChI is InChI=1S/C22H27N3/c1-15-10-16(2)12-20(11-15)25-22-13-19(9-8-18(22)14-23)24-21-7-5-4-6-17(21)3/h8-13,17,21,24-25H,4-7H2,1-3H3/t17-,21+/m0/s1. The highest BCUT2D eigenvalue weighted by atomic mass is 14.9. The van der Waals surface area contributed by atoms with Gasteiger partial charge in [-0.15, -0.1) is 0 Å². The summed E-state index contributed by atoms with van der Waals surface area (Å²) in [5.41, 5.74) is 6.07. The molecule has 1 saturated carbocycles. The molecule has 2 atom stereocenters. The van der Waals surface area contributed by atoms with Gasteiger partial charge in [-0.05, 0) is 74.1 Å². The van der Waals surface area contributed by atoms with Crippen LogP contribution in [0.25, 0.3) is 0 Å². The van der Waals surface area contributed by atoms with Gasteiger partial charge in [-0.1, -0.05) is 25.8 Å². The summed E-state index contributed by atoms with van der Waals surface area (Å²) in [6, 6.07) is 15.2. The summed E-state index contributed by atoms with van der Waals surface area (Å²) in [4.78, 5) is 0. The molecule has 0 bridgehead atoms. The van der Waals surface area contributed by atoms with Crippen LogP contribution in [0.3, 0.4) is 0 Å². The van der Waals surface area contributed by atoms with E-state index in [1.165, 1.54) is 36.8 Å². The van der Waals surface area contributed by atoms with Crippen LogP contribution in [0.2, 0.25) is 0 Å². The first-order valence-corrected chi connectivity index (χ1v) is 9.21. The third-order valence-electron chi connectivity index (χ3n) is 5.10. The summed E-state index contributed by atoms with van der Waals surface area (Å²) in [5, 5.41) is 16.6. The lowest BCUT2D eigenvalue weighted by Gasteiger charge is -2.30. The first-order chi connectivity index (χ1) is 12.0. The maximum absolute atomic E-state index is 9.45. The van der Waals surface area contributed by atoms with E-state index in [2.05, 4.69) is 61.7 Å². The molecule has 0 unspecified atom stereocenters. The topological polar surface area (TPSA) is 47.8 Å². The zero-order chi connectivity index (χ0) is 17.8. The van der Waals surface area contributed by atoms with E-state index in [0.29, 0.717) is 17.5 Å². The van der Waals surface area contributed by atoms with Gasteiger partial charge in [0.2, 0.25) is 0 Å². The monoisotopic (exact) mass is 333 g/mol. The first kappa shape index (κ1) is 17.4. The summed E-state index contributed by atoms with van der Waals surface area (Å²) >= 11 is 0. The molecule has 3 heteroatoms. The van der Waals surface area contributed by atoms with E-state index in [9.17, 15) is 5.26 Å². The molecule has 1 aliphatic rings. The fourth-order valence-electron chi connectivity index (χ4n) is 3.78. The van der Waals surface area contributed by atoms with Crippen molar-refractivity contribution in [3.05, 3.63) is 53.1 Å². The van der Waals surface area contributed by atoms with E-state index in [0.717, 1.165) is 17.1 Å². The van der Waals surface area contributed by atoms with Gasteiger partial charge in [0.15, 0.2) is 0 Å². The molecule has 3 nitrogen and oxygen atoms in total. The molecule has 130 valence electrons. The van der Waals surface area contributed by atoms with Gasteiger partial charge in [0.1, 0.15) is 6.07 Å². The number of aryl methyl sites for hydroxylation is 2. The maximum atomic E-state index is 9.45. The number of hydrogen-bond acceptors (Lipinski definition) is 3. The van der Waals surface area contributed by atoms with Crippen LogP contribution in [0.1, 0.15) is 49.3 Å². The van der Waals surface area contributed by atoms with Crippen molar-refractivity contribution in [1.29, 1.82) is 5.26 Å². The second-order valence-electron chi connectivity index (χ2n) is 7.39. The minimum Gasteiger partial charge on any atom is -0.382 e. The summed E-state index contributed by atoms with van der Waals surface area (Å²) < 4.78 is 0. The van der Waals surface area contributed by atoms with Gasteiger partial charge in [-0.25, -0.2) is 0 Å². The SMILES string of the molecule is Cc1cc(C)cc(Nc2cc(N[C@@H]3CCCC[C@@H]3C)ccc2C#N)c1. The Balaban J connectivity index is 1.83. The zero-order valence-electron chi connectivity index (χ0n) is 15.4. The van der Waals surface area contributed by atoms with Crippen LogP contribution in [0.4, 0.5) is 17.1 Å². The van der Waals surface area contributed by atoms with Crippen molar-refractivity contribution in [3.63, 3.8) is 0 Å². The van der Waals surface area contributed by atoms with E-state index in [4.69, 9.17) is 0 Å². The molecule has 2 aromatic carbocycles. The van der Waals surface area contributed by atoms with E-state index in [1.807, 2.05) is 12.1 Å². The highest BCUT2D eigenvalue weighted by molar-refractivity contribution is 5.71. The van der Waals surface area contributed by atoms with Crippen LogP contribution in [0, 0.1) is 31.1 Å². The number of rotatable bonds is 4. The summed E-state index contributed by atoms with van der Waals surface area (Å²) in [6.07, 6.45) is 5.15. The molecule has 0 heterocycles. The second-order valence-corrected chi connectivity index (χ2v) is 7.39. The van der Waals surface area contributed by atoms with Crippen molar-refractivity contribution < 1.29 is 0 Å². The third-order valence-corrected chi connectivity index (χ3v) is 5.10. The number of benzene rings is 2. The molecule has 0 radical (unpaired) electrons. The number of nitriles is 1. The largest absolute Gasteiger partial charge is 0.382 e. The van der Waals surface area contributed by atoms with Crippen LogP contribution in [0.5, 0.6) is 0 Å². The molecule has 3 rings (SSSR count). The Morgan fingerprint density at radius 1 is 0.960 bits per heavy atom. The molecule has 0 aromatic heterocycles. The lowest BCUT2D eigenvalue weighted by molar-refractivity contribution is 0.349. The zero-order valence-corrected chi connectivity index (χ0v) is 15.4. The highest BCUT2D eigenvalue weighted by Gasteiger charge is 2.21. The Morgan fingerprint density at radius 3 is 2.36 bits per heavy atom. The number of anilines is 3. The fraction of sp³-hybridized carbons (Fsp3) is 0.409. The number of hydrogen-bond donors (Lipinski definition) is 2. The van der Waals surface area contributed by atoms with E-state index in [1.54, 1.807) is 0 Å². The van der Waals surface area contributed by atoms with Gasteiger partial charge in [0, 0.05) is 17.4 Å². The van der Waals surface area contributed by atoms with Crippen molar-refractivity contribution >= 4 is 17.1 Å². The summed E-state index contributed by atoms with van der Waals surface area (Å²) in [6.45, 7) is 6.51. The molecule has 1 aliphatic carbocycles. The average Bonchev–Trinajstić information content (AvgIpc) is 2.56. The average molecular weight is 333 g/mol. The van der Waals surface area contributed by atoms with Gasteiger partial charge < -0.3 is 10.6 Å². The normalized spacial score (nSPS) is 19.9. The number of nitrogens with zero attached hydrogens (tertiary/aromatic N) is 1. The maximum Gasteiger partial charge on any atom is 0.101 e. The van der Waals surface area contributed by atoms with E-state index in [-0.39, 0.29) is 0 Å². The molecule has 2 aromatic rings. The molecule has 1 fully saturated rings. The Bertz CT molecular complexity index is 768. The highest BCUT2D eigenvalue weighted by Crippen LogP contribution is 2.30. The fourth-order valence-corrected chi connectivity index (χ4v) is 3.78. The summed E-state index contributed by atoms with van der Waals surface area (Å²) in [7, 11) is 0. The number of nitrogens with one attached hydrogen (secondary N) is 2. The Labute approximate surface area is 151 Å². The molecule has 2 N–H and O–H groups in total. The van der Waals surface area contributed by atoms with E-state index < -0.39 is 0 Å².